The Hall–Kier alpha value is -0.640. The number of likely N-dealkylation sites (N-methyl/N-ethyl adjacent to an activating group) is 1. The van der Waals surface area contributed by atoms with Crippen LogP contribution in [0.5, 0.6) is 0 Å². The van der Waals surface area contributed by atoms with Crippen LogP contribution in [0.15, 0.2) is 18.3 Å². The first kappa shape index (κ1) is 10.9. The predicted octanol–water partition coefficient (Wildman–Crippen LogP) is 1.53. The van der Waals surface area contributed by atoms with Crippen LogP contribution < -0.4 is 5.32 Å². The molecule has 4 heteroatoms. The Bertz CT molecular complexity index is 329. The van der Waals surface area contributed by atoms with Gasteiger partial charge in [0, 0.05) is 36.9 Å². The Morgan fingerprint density at radius 3 is 3.20 bits per heavy atom. The monoisotopic (exact) mass is 225 g/mol. The largest absolute Gasteiger partial charge is 0.316 e. The van der Waals surface area contributed by atoms with Gasteiger partial charge in [0.25, 0.3) is 0 Å². The summed E-state index contributed by atoms with van der Waals surface area (Å²) in [6.07, 6.45) is 2.99. The second-order valence-electron chi connectivity index (χ2n) is 3.97. The molecule has 1 N–H and O–H groups in total. The lowest BCUT2D eigenvalue weighted by Gasteiger charge is -2.15. The van der Waals surface area contributed by atoms with E-state index in [-0.39, 0.29) is 0 Å². The Morgan fingerprint density at radius 1 is 1.67 bits per heavy atom. The quantitative estimate of drug-likeness (QED) is 0.846. The maximum Gasteiger partial charge on any atom is 0.0558 e. The SMILES string of the molecule is CNC1CCN(Cc2cc(Cl)ccn2)C1. The lowest BCUT2D eigenvalue weighted by molar-refractivity contribution is 0.318. The molecule has 82 valence electrons. The maximum absolute atomic E-state index is 5.92. The predicted molar refractivity (Wildman–Crippen MR) is 62.0 cm³/mol. The van der Waals surface area contributed by atoms with Gasteiger partial charge in [0.05, 0.1) is 5.69 Å². The van der Waals surface area contributed by atoms with Gasteiger partial charge in [0.2, 0.25) is 0 Å². The van der Waals surface area contributed by atoms with E-state index in [0.29, 0.717) is 6.04 Å². The number of nitrogens with one attached hydrogen (secondary N) is 1. The van der Waals surface area contributed by atoms with Crippen LogP contribution in [-0.2, 0) is 6.54 Å². The van der Waals surface area contributed by atoms with Crippen molar-refractivity contribution in [2.24, 2.45) is 0 Å². The zero-order valence-corrected chi connectivity index (χ0v) is 9.67. The van der Waals surface area contributed by atoms with E-state index in [1.165, 1.54) is 6.42 Å². The minimum atomic E-state index is 0.629. The summed E-state index contributed by atoms with van der Waals surface area (Å²) < 4.78 is 0. The van der Waals surface area contributed by atoms with Crippen LogP contribution >= 0.6 is 11.6 Å². The molecule has 1 unspecified atom stereocenters. The van der Waals surface area contributed by atoms with E-state index in [4.69, 9.17) is 11.6 Å². The van der Waals surface area contributed by atoms with Crippen molar-refractivity contribution < 1.29 is 0 Å². The average Bonchev–Trinajstić information content (AvgIpc) is 2.65. The summed E-state index contributed by atoms with van der Waals surface area (Å²) in [5, 5.41) is 4.07. The molecule has 1 saturated heterocycles. The first-order chi connectivity index (χ1) is 7.28. The van der Waals surface area contributed by atoms with Gasteiger partial charge >= 0.3 is 0 Å². The van der Waals surface area contributed by atoms with Gasteiger partial charge in [-0.1, -0.05) is 11.6 Å². The van der Waals surface area contributed by atoms with Crippen molar-refractivity contribution in [2.45, 2.75) is 19.0 Å². The third kappa shape index (κ3) is 2.91. The molecule has 2 rings (SSSR count). The van der Waals surface area contributed by atoms with Gasteiger partial charge in [0.1, 0.15) is 0 Å². The van der Waals surface area contributed by atoms with E-state index >= 15 is 0 Å². The smallest absolute Gasteiger partial charge is 0.0558 e. The summed E-state index contributed by atoms with van der Waals surface area (Å²) in [6, 6.07) is 4.38. The molecule has 1 aromatic heterocycles. The lowest BCUT2D eigenvalue weighted by atomic mass is 10.3. The molecule has 15 heavy (non-hydrogen) atoms. The molecule has 1 aliphatic rings. The van der Waals surface area contributed by atoms with Gasteiger partial charge in [-0.2, -0.15) is 0 Å². The molecule has 2 heterocycles. The summed E-state index contributed by atoms with van der Waals surface area (Å²) in [7, 11) is 2.02. The average molecular weight is 226 g/mol. The molecule has 1 aliphatic heterocycles. The fourth-order valence-electron chi connectivity index (χ4n) is 1.98. The Morgan fingerprint density at radius 2 is 2.53 bits per heavy atom. The Labute approximate surface area is 95.4 Å². The van der Waals surface area contributed by atoms with Crippen LogP contribution in [0.1, 0.15) is 12.1 Å². The number of hydrogen-bond donors (Lipinski definition) is 1. The van der Waals surface area contributed by atoms with Crippen molar-refractivity contribution in [3.05, 3.63) is 29.0 Å². The first-order valence-electron chi connectivity index (χ1n) is 5.28. The molecular formula is C11H16ClN3. The molecule has 3 nitrogen and oxygen atoms in total. The Kier molecular flexibility index (Phi) is 3.57. The van der Waals surface area contributed by atoms with E-state index in [9.17, 15) is 0 Å². The minimum Gasteiger partial charge on any atom is -0.316 e. The van der Waals surface area contributed by atoms with Gasteiger partial charge < -0.3 is 5.32 Å². The van der Waals surface area contributed by atoms with E-state index in [2.05, 4.69) is 15.2 Å². The number of pyridine rings is 1. The van der Waals surface area contributed by atoms with Crippen molar-refractivity contribution in [2.75, 3.05) is 20.1 Å². The molecule has 0 bridgehead atoms. The minimum absolute atomic E-state index is 0.629. The van der Waals surface area contributed by atoms with E-state index in [0.717, 1.165) is 30.4 Å². The third-order valence-corrected chi connectivity index (χ3v) is 3.08. The molecule has 0 radical (unpaired) electrons. The molecule has 1 aromatic rings. The van der Waals surface area contributed by atoms with Gasteiger partial charge in [-0.15, -0.1) is 0 Å². The fraction of sp³-hybridized carbons (Fsp3) is 0.545. The zero-order valence-electron chi connectivity index (χ0n) is 8.91. The normalized spacial score (nSPS) is 22.1. The highest BCUT2D eigenvalue weighted by Crippen LogP contribution is 2.14. The fourth-order valence-corrected chi connectivity index (χ4v) is 2.16. The third-order valence-electron chi connectivity index (χ3n) is 2.84. The molecule has 0 aromatic carbocycles. The van der Waals surface area contributed by atoms with Crippen LogP contribution in [0.4, 0.5) is 0 Å². The molecule has 0 saturated carbocycles. The molecule has 1 fully saturated rings. The highest BCUT2D eigenvalue weighted by atomic mass is 35.5. The van der Waals surface area contributed by atoms with Gasteiger partial charge in [-0.3, -0.25) is 9.88 Å². The van der Waals surface area contributed by atoms with E-state index in [1.54, 1.807) is 6.20 Å². The standard InChI is InChI=1S/C11H16ClN3/c1-13-10-3-5-15(7-10)8-11-6-9(12)2-4-14-11/h2,4,6,10,13H,3,5,7-8H2,1H3. The van der Waals surface area contributed by atoms with Crippen molar-refractivity contribution in [3.63, 3.8) is 0 Å². The second kappa shape index (κ2) is 4.92. The number of hydrogen-bond acceptors (Lipinski definition) is 3. The number of aromatic nitrogens is 1. The van der Waals surface area contributed by atoms with Crippen LogP contribution in [0.25, 0.3) is 0 Å². The van der Waals surface area contributed by atoms with Crippen LogP contribution in [0, 0.1) is 0 Å². The summed E-state index contributed by atoms with van der Waals surface area (Å²) in [4.78, 5) is 6.71. The van der Waals surface area contributed by atoms with Gasteiger partial charge in [-0.25, -0.2) is 0 Å². The van der Waals surface area contributed by atoms with Crippen molar-refractivity contribution >= 4 is 11.6 Å². The first-order valence-corrected chi connectivity index (χ1v) is 5.66. The van der Waals surface area contributed by atoms with Crippen LogP contribution in [-0.4, -0.2) is 36.1 Å². The topological polar surface area (TPSA) is 28.2 Å². The van der Waals surface area contributed by atoms with Crippen molar-refractivity contribution in [1.82, 2.24) is 15.2 Å². The summed E-state index contributed by atoms with van der Waals surface area (Å²) in [5.74, 6) is 0. The van der Waals surface area contributed by atoms with Gasteiger partial charge in [-0.05, 0) is 25.6 Å². The van der Waals surface area contributed by atoms with E-state index < -0.39 is 0 Å². The highest BCUT2D eigenvalue weighted by molar-refractivity contribution is 6.30. The highest BCUT2D eigenvalue weighted by Gasteiger charge is 2.20. The van der Waals surface area contributed by atoms with E-state index in [1.807, 2.05) is 19.2 Å². The molecule has 1 atom stereocenters. The number of nitrogens with zero attached hydrogens (tertiary/aromatic N) is 2. The molecular weight excluding hydrogens is 210 g/mol. The Balaban J connectivity index is 1.92. The molecule has 0 amide bonds. The van der Waals surface area contributed by atoms with Crippen LogP contribution in [0.2, 0.25) is 5.02 Å². The second-order valence-corrected chi connectivity index (χ2v) is 4.41. The number of halogens is 1. The summed E-state index contributed by atoms with van der Waals surface area (Å²) in [6.45, 7) is 3.14. The van der Waals surface area contributed by atoms with Crippen LogP contribution in [0.3, 0.4) is 0 Å². The number of rotatable bonds is 3. The van der Waals surface area contributed by atoms with Crippen molar-refractivity contribution in [1.29, 1.82) is 0 Å². The van der Waals surface area contributed by atoms with Crippen molar-refractivity contribution in [3.8, 4) is 0 Å². The number of likely N-dealkylation sites (tertiary alicyclic amines) is 1. The summed E-state index contributed by atoms with van der Waals surface area (Å²) >= 11 is 5.92. The molecule has 0 aliphatic carbocycles. The lowest BCUT2D eigenvalue weighted by Crippen LogP contribution is -2.29. The maximum atomic E-state index is 5.92. The summed E-state index contributed by atoms with van der Waals surface area (Å²) in [5.41, 5.74) is 1.05. The molecule has 0 spiro atoms. The van der Waals surface area contributed by atoms with Gasteiger partial charge in [0.15, 0.2) is 0 Å². The zero-order chi connectivity index (χ0) is 10.7.